The molecule has 20 heavy (non-hydrogen) atoms. The molecule has 0 aromatic heterocycles. The van der Waals surface area contributed by atoms with Crippen LogP contribution in [0.15, 0.2) is 24.3 Å². The first kappa shape index (κ1) is 16.2. The smallest absolute Gasteiger partial charge is 0.338 e. The SMILES string of the molecule is CCCOC(=O)c1cccc(NC(=O)C(CC)CC)c1. The lowest BCUT2D eigenvalue weighted by molar-refractivity contribution is -0.120. The van der Waals surface area contributed by atoms with Gasteiger partial charge in [0, 0.05) is 11.6 Å². The fourth-order valence-corrected chi connectivity index (χ4v) is 1.91. The average Bonchev–Trinajstić information content (AvgIpc) is 2.46. The monoisotopic (exact) mass is 277 g/mol. The summed E-state index contributed by atoms with van der Waals surface area (Å²) in [5.41, 5.74) is 1.09. The molecule has 0 unspecified atom stereocenters. The lowest BCUT2D eigenvalue weighted by Gasteiger charge is -2.13. The molecule has 4 heteroatoms. The summed E-state index contributed by atoms with van der Waals surface area (Å²) in [6.45, 7) is 6.33. The van der Waals surface area contributed by atoms with Crippen molar-refractivity contribution in [3.05, 3.63) is 29.8 Å². The molecule has 0 saturated heterocycles. The Morgan fingerprint density at radius 1 is 1.20 bits per heavy atom. The van der Waals surface area contributed by atoms with Crippen molar-refractivity contribution in [2.24, 2.45) is 5.92 Å². The summed E-state index contributed by atoms with van der Waals surface area (Å²) in [7, 11) is 0. The van der Waals surface area contributed by atoms with E-state index in [1.54, 1.807) is 24.3 Å². The van der Waals surface area contributed by atoms with Gasteiger partial charge in [0.25, 0.3) is 0 Å². The number of esters is 1. The molecule has 0 aliphatic heterocycles. The van der Waals surface area contributed by atoms with Crippen LogP contribution in [0.2, 0.25) is 0 Å². The van der Waals surface area contributed by atoms with Crippen LogP contribution in [-0.2, 0) is 9.53 Å². The molecule has 1 amide bonds. The van der Waals surface area contributed by atoms with Crippen LogP contribution >= 0.6 is 0 Å². The Morgan fingerprint density at radius 3 is 2.50 bits per heavy atom. The number of carbonyl (C=O) groups is 2. The zero-order valence-corrected chi connectivity index (χ0v) is 12.4. The maximum atomic E-state index is 12.0. The van der Waals surface area contributed by atoms with Gasteiger partial charge in [0.15, 0.2) is 0 Å². The standard InChI is InChI=1S/C16H23NO3/c1-4-10-20-16(19)13-8-7-9-14(11-13)17-15(18)12(5-2)6-3/h7-9,11-12H,4-6,10H2,1-3H3,(H,17,18). The van der Waals surface area contributed by atoms with E-state index in [2.05, 4.69) is 5.32 Å². The second kappa shape index (κ2) is 8.35. The highest BCUT2D eigenvalue weighted by atomic mass is 16.5. The Hall–Kier alpha value is -1.84. The van der Waals surface area contributed by atoms with Crippen molar-refractivity contribution in [3.63, 3.8) is 0 Å². The predicted octanol–water partition coefficient (Wildman–Crippen LogP) is 3.63. The topological polar surface area (TPSA) is 55.4 Å². The number of carbonyl (C=O) groups excluding carboxylic acids is 2. The fraction of sp³-hybridized carbons (Fsp3) is 0.500. The summed E-state index contributed by atoms with van der Waals surface area (Å²) in [5.74, 6) is -0.356. The van der Waals surface area contributed by atoms with Gasteiger partial charge < -0.3 is 10.1 Å². The maximum Gasteiger partial charge on any atom is 0.338 e. The van der Waals surface area contributed by atoms with E-state index in [9.17, 15) is 9.59 Å². The lowest BCUT2D eigenvalue weighted by Crippen LogP contribution is -2.21. The van der Waals surface area contributed by atoms with Gasteiger partial charge in [0.1, 0.15) is 0 Å². The van der Waals surface area contributed by atoms with Crippen LogP contribution < -0.4 is 5.32 Å². The summed E-state index contributed by atoms with van der Waals surface area (Å²) in [5, 5.41) is 2.85. The Bertz CT molecular complexity index is 453. The van der Waals surface area contributed by atoms with E-state index in [0.717, 1.165) is 19.3 Å². The molecule has 0 radical (unpaired) electrons. The zero-order chi connectivity index (χ0) is 15.0. The Kier molecular flexibility index (Phi) is 6.77. The van der Waals surface area contributed by atoms with Gasteiger partial charge >= 0.3 is 5.97 Å². The molecule has 0 aliphatic rings. The molecule has 0 heterocycles. The first-order valence-corrected chi connectivity index (χ1v) is 7.20. The van der Waals surface area contributed by atoms with Gasteiger partial charge in [-0.05, 0) is 37.5 Å². The minimum atomic E-state index is -0.356. The molecule has 0 aliphatic carbocycles. The third-order valence-electron chi connectivity index (χ3n) is 3.16. The molecule has 0 bridgehead atoms. The minimum absolute atomic E-state index is 0.00528. The Balaban J connectivity index is 2.73. The van der Waals surface area contributed by atoms with E-state index < -0.39 is 0 Å². The van der Waals surface area contributed by atoms with Crippen molar-refractivity contribution < 1.29 is 14.3 Å². The van der Waals surface area contributed by atoms with Crippen LogP contribution in [0.4, 0.5) is 5.69 Å². The summed E-state index contributed by atoms with van der Waals surface area (Å²) in [6.07, 6.45) is 2.40. The third-order valence-corrected chi connectivity index (χ3v) is 3.16. The molecule has 4 nitrogen and oxygen atoms in total. The first-order valence-electron chi connectivity index (χ1n) is 7.20. The van der Waals surface area contributed by atoms with Crippen molar-refractivity contribution in [1.29, 1.82) is 0 Å². The molecule has 0 saturated carbocycles. The van der Waals surface area contributed by atoms with Crippen LogP contribution in [0.5, 0.6) is 0 Å². The number of hydrogen-bond donors (Lipinski definition) is 1. The highest BCUT2D eigenvalue weighted by Crippen LogP contribution is 2.15. The van der Waals surface area contributed by atoms with E-state index in [0.29, 0.717) is 17.9 Å². The van der Waals surface area contributed by atoms with Crippen LogP contribution in [0, 0.1) is 5.92 Å². The largest absolute Gasteiger partial charge is 0.462 e. The number of nitrogens with one attached hydrogen (secondary N) is 1. The van der Waals surface area contributed by atoms with Gasteiger partial charge in [-0.15, -0.1) is 0 Å². The van der Waals surface area contributed by atoms with Crippen LogP contribution in [-0.4, -0.2) is 18.5 Å². The van der Waals surface area contributed by atoms with Crippen molar-refractivity contribution in [2.45, 2.75) is 40.0 Å². The number of hydrogen-bond acceptors (Lipinski definition) is 3. The van der Waals surface area contributed by atoms with Crippen LogP contribution in [0.25, 0.3) is 0 Å². The van der Waals surface area contributed by atoms with E-state index in [1.807, 2.05) is 20.8 Å². The van der Waals surface area contributed by atoms with Crippen molar-refractivity contribution in [2.75, 3.05) is 11.9 Å². The quantitative estimate of drug-likeness (QED) is 0.774. The number of anilines is 1. The maximum absolute atomic E-state index is 12.0. The molecule has 1 N–H and O–H groups in total. The number of rotatable bonds is 7. The van der Waals surface area contributed by atoms with Gasteiger partial charge in [-0.25, -0.2) is 4.79 Å². The van der Waals surface area contributed by atoms with Crippen molar-refractivity contribution in [3.8, 4) is 0 Å². The molecule has 0 fully saturated rings. The van der Waals surface area contributed by atoms with Gasteiger partial charge in [0.05, 0.1) is 12.2 Å². The molecule has 0 spiro atoms. The number of amides is 1. The molecular weight excluding hydrogens is 254 g/mol. The molecule has 0 atom stereocenters. The Labute approximate surface area is 120 Å². The van der Waals surface area contributed by atoms with Crippen LogP contribution in [0.3, 0.4) is 0 Å². The normalized spacial score (nSPS) is 10.4. The minimum Gasteiger partial charge on any atom is -0.462 e. The third kappa shape index (κ3) is 4.68. The first-order chi connectivity index (χ1) is 9.62. The molecule has 1 aromatic rings. The predicted molar refractivity (Wildman–Crippen MR) is 79.7 cm³/mol. The number of ether oxygens (including phenoxy) is 1. The fourth-order valence-electron chi connectivity index (χ4n) is 1.91. The average molecular weight is 277 g/mol. The van der Waals surface area contributed by atoms with Crippen LogP contribution in [0.1, 0.15) is 50.4 Å². The summed E-state index contributed by atoms with van der Waals surface area (Å²) >= 11 is 0. The van der Waals surface area contributed by atoms with E-state index >= 15 is 0 Å². The second-order valence-corrected chi connectivity index (χ2v) is 4.72. The van der Waals surface area contributed by atoms with E-state index in [-0.39, 0.29) is 17.8 Å². The summed E-state index contributed by atoms with van der Waals surface area (Å²) in [6, 6.07) is 6.85. The molecule has 110 valence electrons. The van der Waals surface area contributed by atoms with Gasteiger partial charge in [-0.3, -0.25) is 4.79 Å². The second-order valence-electron chi connectivity index (χ2n) is 4.72. The van der Waals surface area contributed by atoms with Crippen molar-refractivity contribution >= 4 is 17.6 Å². The molecule has 1 rings (SSSR count). The van der Waals surface area contributed by atoms with Gasteiger partial charge in [-0.1, -0.05) is 26.8 Å². The zero-order valence-electron chi connectivity index (χ0n) is 12.4. The summed E-state index contributed by atoms with van der Waals surface area (Å²) < 4.78 is 5.08. The lowest BCUT2D eigenvalue weighted by atomic mass is 10.0. The number of benzene rings is 1. The van der Waals surface area contributed by atoms with E-state index in [4.69, 9.17) is 4.74 Å². The molecular formula is C16H23NO3. The molecule has 1 aromatic carbocycles. The Morgan fingerprint density at radius 2 is 1.90 bits per heavy atom. The van der Waals surface area contributed by atoms with Gasteiger partial charge in [-0.2, -0.15) is 0 Å². The van der Waals surface area contributed by atoms with Crippen molar-refractivity contribution in [1.82, 2.24) is 0 Å². The highest BCUT2D eigenvalue weighted by molar-refractivity contribution is 5.95. The summed E-state index contributed by atoms with van der Waals surface area (Å²) in [4.78, 5) is 23.8. The highest BCUT2D eigenvalue weighted by Gasteiger charge is 2.15. The van der Waals surface area contributed by atoms with Gasteiger partial charge in [0.2, 0.25) is 5.91 Å². The van der Waals surface area contributed by atoms with E-state index in [1.165, 1.54) is 0 Å².